The molecule has 1 saturated heterocycles. The summed E-state index contributed by atoms with van der Waals surface area (Å²) in [6.45, 7) is 1.57. The molecule has 1 aromatic carbocycles. The number of nitrogens with zero attached hydrogens (tertiary/aromatic N) is 2. The first-order valence-corrected chi connectivity index (χ1v) is 6.29. The van der Waals surface area contributed by atoms with E-state index in [0.717, 1.165) is 18.5 Å². The Bertz CT molecular complexity index is 631. The Morgan fingerprint density at radius 2 is 2.42 bits per heavy atom. The number of nitrogens with one attached hydrogen (secondary N) is 2. The van der Waals surface area contributed by atoms with Crippen molar-refractivity contribution in [3.05, 3.63) is 24.0 Å². The van der Waals surface area contributed by atoms with E-state index in [4.69, 9.17) is 0 Å². The molecular weight excluding hydrogens is 247 g/mol. The van der Waals surface area contributed by atoms with E-state index >= 15 is 0 Å². The summed E-state index contributed by atoms with van der Waals surface area (Å²) in [5.41, 5.74) is 1.34. The van der Waals surface area contributed by atoms with E-state index in [2.05, 4.69) is 15.6 Å². The Morgan fingerprint density at radius 3 is 3.16 bits per heavy atom. The van der Waals surface area contributed by atoms with Crippen LogP contribution in [0.2, 0.25) is 0 Å². The second kappa shape index (κ2) is 4.62. The number of hydrogen-bond donors (Lipinski definition) is 2. The first-order chi connectivity index (χ1) is 9.15. The number of imidazole rings is 1. The molecule has 0 saturated carbocycles. The van der Waals surface area contributed by atoms with Crippen molar-refractivity contribution >= 4 is 22.9 Å². The van der Waals surface area contributed by atoms with Crippen LogP contribution in [0.3, 0.4) is 0 Å². The number of rotatable bonds is 2. The smallest absolute Gasteiger partial charge is 0.231 e. The first kappa shape index (κ1) is 12.1. The molecule has 0 bridgehead atoms. The van der Waals surface area contributed by atoms with Gasteiger partial charge in [-0.3, -0.25) is 10.1 Å². The quantitative estimate of drug-likeness (QED) is 0.856. The number of hydrogen-bond acceptors (Lipinski definition) is 3. The van der Waals surface area contributed by atoms with Gasteiger partial charge in [0.15, 0.2) is 0 Å². The van der Waals surface area contributed by atoms with Crippen LogP contribution in [0, 0.1) is 11.7 Å². The Morgan fingerprint density at radius 1 is 1.58 bits per heavy atom. The number of aromatic nitrogens is 2. The van der Waals surface area contributed by atoms with Crippen molar-refractivity contribution in [1.29, 1.82) is 0 Å². The van der Waals surface area contributed by atoms with Gasteiger partial charge in [-0.05, 0) is 25.1 Å². The zero-order valence-corrected chi connectivity index (χ0v) is 10.6. The molecule has 1 fully saturated rings. The van der Waals surface area contributed by atoms with Crippen LogP contribution in [0.15, 0.2) is 18.2 Å². The molecule has 0 aliphatic carbocycles. The molecule has 2 heterocycles. The number of halogens is 1. The number of aryl methyl sites for hydroxylation is 1. The van der Waals surface area contributed by atoms with Crippen LogP contribution in [0.5, 0.6) is 0 Å². The van der Waals surface area contributed by atoms with Crippen LogP contribution >= 0.6 is 0 Å². The van der Waals surface area contributed by atoms with Crippen LogP contribution in [-0.2, 0) is 11.8 Å². The van der Waals surface area contributed by atoms with Gasteiger partial charge >= 0.3 is 0 Å². The summed E-state index contributed by atoms with van der Waals surface area (Å²) in [4.78, 5) is 16.3. The Balaban J connectivity index is 1.88. The van der Waals surface area contributed by atoms with Crippen LogP contribution in [0.4, 0.5) is 10.3 Å². The number of fused-ring (bicyclic) bond motifs is 1. The molecule has 2 aromatic rings. The first-order valence-electron chi connectivity index (χ1n) is 6.29. The topological polar surface area (TPSA) is 59.0 Å². The Kier molecular flexibility index (Phi) is 2.94. The molecule has 5 nitrogen and oxygen atoms in total. The van der Waals surface area contributed by atoms with Gasteiger partial charge in [0, 0.05) is 19.7 Å². The predicted molar refractivity (Wildman–Crippen MR) is 70.3 cm³/mol. The van der Waals surface area contributed by atoms with E-state index in [1.807, 2.05) is 0 Å². The monoisotopic (exact) mass is 262 g/mol. The summed E-state index contributed by atoms with van der Waals surface area (Å²) >= 11 is 0. The zero-order valence-electron chi connectivity index (χ0n) is 10.6. The maximum absolute atomic E-state index is 13.1. The highest BCUT2D eigenvalue weighted by atomic mass is 19.1. The van der Waals surface area contributed by atoms with Crippen molar-refractivity contribution in [3.63, 3.8) is 0 Å². The molecule has 6 heteroatoms. The minimum Gasteiger partial charge on any atom is -0.316 e. The molecule has 1 aliphatic heterocycles. The number of amides is 1. The molecule has 19 heavy (non-hydrogen) atoms. The molecule has 3 rings (SSSR count). The van der Waals surface area contributed by atoms with Gasteiger partial charge in [0.2, 0.25) is 11.9 Å². The standard InChI is InChI=1S/C13H15FN4O/c1-18-11-3-2-9(14)6-10(11)16-13(18)17-12(19)8-4-5-15-7-8/h2-3,6,8,15H,4-5,7H2,1H3,(H,16,17,19). The van der Waals surface area contributed by atoms with Gasteiger partial charge in [-0.15, -0.1) is 0 Å². The molecular formula is C13H15FN4O. The van der Waals surface area contributed by atoms with Crippen molar-refractivity contribution in [3.8, 4) is 0 Å². The van der Waals surface area contributed by atoms with E-state index in [1.54, 1.807) is 17.7 Å². The summed E-state index contributed by atoms with van der Waals surface area (Å²) in [5, 5.41) is 5.96. The third kappa shape index (κ3) is 2.19. The molecule has 1 aromatic heterocycles. The number of anilines is 1. The maximum Gasteiger partial charge on any atom is 0.231 e. The van der Waals surface area contributed by atoms with Crippen LogP contribution in [0.25, 0.3) is 11.0 Å². The van der Waals surface area contributed by atoms with Crippen molar-refractivity contribution < 1.29 is 9.18 Å². The average molecular weight is 262 g/mol. The van der Waals surface area contributed by atoms with Gasteiger partial charge < -0.3 is 9.88 Å². The SMILES string of the molecule is Cn1c(NC(=O)C2CCNC2)nc2cc(F)ccc21. The summed E-state index contributed by atoms with van der Waals surface area (Å²) in [7, 11) is 1.80. The Hall–Kier alpha value is -1.95. The van der Waals surface area contributed by atoms with Gasteiger partial charge in [0.1, 0.15) is 5.82 Å². The molecule has 0 spiro atoms. The van der Waals surface area contributed by atoms with E-state index in [1.165, 1.54) is 12.1 Å². The van der Waals surface area contributed by atoms with E-state index in [0.29, 0.717) is 18.0 Å². The van der Waals surface area contributed by atoms with Crippen LogP contribution < -0.4 is 10.6 Å². The second-order valence-electron chi connectivity index (χ2n) is 4.81. The summed E-state index contributed by atoms with van der Waals surface area (Å²) in [5.74, 6) is 0.0707. The van der Waals surface area contributed by atoms with Crippen molar-refractivity contribution in [2.24, 2.45) is 13.0 Å². The van der Waals surface area contributed by atoms with Gasteiger partial charge in [-0.25, -0.2) is 9.37 Å². The lowest BCUT2D eigenvalue weighted by Gasteiger charge is -2.09. The number of carbonyl (C=O) groups is 1. The van der Waals surface area contributed by atoms with Crippen molar-refractivity contribution in [2.75, 3.05) is 18.4 Å². The highest BCUT2D eigenvalue weighted by Crippen LogP contribution is 2.20. The molecule has 1 atom stereocenters. The number of benzene rings is 1. The molecule has 100 valence electrons. The lowest BCUT2D eigenvalue weighted by atomic mass is 10.1. The highest BCUT2D eigenvalue weighted by Gasteiger charge is 2.23. The predicted octanol–water partition coefficient (Wildman–Crippen LogP) is 1.26. The fourth-order valence-corrected chi connectivity index (χ4v) is 2.38. The molecule has 1 amide bonds. The van der Waals surface area contributed by atoms with E-state index in [-0.39, 0.29) is 17.6 Å². The van der Waals surface area contributed by atoms with Gasteiger partial charge in [0.25, 0.3) is 0 Å². The molecule has 2 N–H and O–H groups in total. The van der Waals surface area contributed by atoms with Gasteiger partial charge in [-0.2, -0.15) is 0 Å². The van der Waals surface area contributed by atoms with Crippen LogP contribution in [0.1, 0.15) is 6.42 Å². The third-order valence-corrected chi connectivity index (χ3v) is 3.51. The fourth-order valence-electron chi connectivity index (χ4n) is 2.38. The molecule has 1 aliphatic rings. The summed E-state index contributed by atoms with van der Waals surface area (Å²) < 4.78 is 14.9. The maximum atomic E-state index is 13.1. The molecule has 1 unspecified atom stereocenters. The fraction of sp³-hybridized carbons (Fsp3) is 0.385. The summed E-state index contributed by atoms with van der Waals surface area (Å²) in [6, 6.07) is 4.41. The summed E-state index contributed by atoms with van der Waals surface area (Å²) in [6.07, 6.45) is 0.838. The lowest BCUT2D eigenvalue weighted by molar-refractivity contribution is -0.119. The molecule has 0 radical (unpaired) electrons. The van der Waals surface area contributed by atoms with Crippen molar-refractivity contribution in [1.82, 2.24) is 14.9 Å². The second-order valence-corrected chi connectivity index (χ2v) is 4.81. The van der Waals surface area contributed by atoms with Crippen LogP contribution in [-0.4, -0.2) is 28.5 Å². The highest BCUT2D eigenvalue weighted by molar-refractivity contribution is 5.93. The van der Waals surface area contributed by atoms with E-state index < -0.39 is 0 Å². The normalized spacial score (nSPS) is 18.9. The van der Waals surface area contributed by atoms with E-state index in [9.17, 15) is 9.18 Å². The zero-order chi connectivity index (χ0) is 13.4. The van der Waals surface area contributed by atoms with Gasteiger partial charge in [-0.1, -0.05) is 0 Å². The number of carbonyl (C=O) groups excluding carboxylic acids is 1. The van der Waals surface area contributed by atoms with Gasteiger partial charge in [0.05, 0.1) is 17.0 Å². The average Bonchev–Trinajstić information content (AvgIpc) is 2.99. The lowest BCUT2D eigenvalue weighted by Crippen LogP contribution is -2.25. The largest absolute Gasteiger partial charge is 0.316 e. The van der Waals surface area contributed by atoms with Crippen molar-refractivity contribution in [2.45, 2.75) is 6.42 Å². The minimum atomic E-state index is -0.330. The Labute approximate surface area is 109 Å². The minimum absolute atomic E-state index is 0.0171. The third-order valence-electron chi connectivity index (χ3n) is 3.51.